The second kappa shape index (κ2) is 19.5. The number of allylic oxidation sites excluding steroid dienone is 2. The van der Waals surface area contributed by atoms with E-state index < -0.39 is 0 Å². The zero-order chi connectivity index (χ0) is 20.1. The smallest absolute Gasteiger partial charge is 0.306 e. The van der Waals surface area contributed by atoms with Crippen molar-refractivity contribution in [1.29, 1.82) is 0 Å². The van der Waals surface area contributed by atoms with Gasteiger partial charge in [-0.2, -0.15) is 0 Å². The van der Waals surface area contributed by atoms with Gasteiger partial charge >= 0.3 is 5.97 Å². The van der Waals surface area contributed by atoms with Crippen molar-refractivity contribution in [2.24, 2.45) is 0 Å². The molecule has 1 aliphatic carbocycles. The molecule has 0 radical (unpaired) electrons. The van der Waals surface area contributed by atoms with Crippen molar-refractivity contribution < 1.29 is 9.53 Å². The highest BCUT2D eigenvalue weighted by molar-refractivity contribution is 5.69. The summed E-state index contributed by atoms with van der Waals surface area (Å²) < 4.78 is 5.57. The minimum absolute atomic E-state index is 0.0378. The average molecular weight is 393 g/mol. The van der Waals surface area contributed by atoms with Crippen LogP contribution in [0.4, 0.5) is 0 Å². The van der Waals surface area contributed by atoms with Crippen molar-refractivity contribution in [3.05, 3.63) is 12.2 Å². The normalized spacial score (nSPS) is 15.3. The zero-order valence-electron chi connectivity index (χ0n) is 18.9. The molecule has 0 N–H and O–H groups in total. The van der Waals surface area contributed by atoms with E-state index in [0.29, 0.717) is 6.42 Å². The summed E-state index contributed by atoms with van der Waals surface area (Å²) in [5.74, 6) is 0.0378. The molecule has 0 aromatic carbocycles. The molecule has 164 valence electrons. The summed E-state index contributed by atoms with van der Waals surface area (Å²) >= 11 is 0. The lowest BCUT2D eigenvalue weighted by Crippen LogP contribution is -2.20. The third kappa shape index (κ3) is 16.2. The molecule has 0 bridgehead atoms. The maximum Gasteiger partial charge on any atom is 0.306 e. The van der Waals surface area contributed by atoms with Gasteiger partial charge in [0, 0.05) is 6.42 Å². The highest BCUT2D eigenvalue weighted by Crippen LogP contribution is 2.21. The lowest BCUT2D eigenvalue weighted by molar-refractivity contribution is -0.150. The van der Waals surface area contributed by atoms with Crippen molar-refractivity contribution in [2.45, 2.75) is 148 Å². The quantitative estimate of drug-likeness (QED) is 0.132. The van der Waals surface area contributed by atoms with Crippen molar-refractivity contribution >= 4 is 5.97 Å². The predicted octanol–water partition coefficient (Wildman–Crippen LogP) is 8.68. The molecule has 0 aromatic rings. The Morgan fingerprint density at radius 1 is 0.714 bits per heavy atom. The topological polar surface area (TPSA) is 26.3 Å². The van der Waals surface area contributed by atoms with Crippen LogP contribution in [0.1, 0.15) is 142 Å². The number of unbranched alkanes of at least 4 members (excludes halogenated alkanes) is 13. The van der Waals surface area contributed by atoms with Crippen LogP contribution in [0.25, 0.3) is 0 Å². The van der Waals surface area contributed by atoms with E-state index in [-0.39, 0.29) is 12.1 Å². The van der Waals surface area contributed by atoms with Crippen LogP contribution in [0.2, 0.25) is 0 Å². The second-order valence-electron chi connectivity index (χ2n) is 8.79. The summed E-state index contributed by atoms with van der Waals surface area (Å²) in [5, 5.41) is 0. The Kier molecular flexibility index (Phi) is 17.6. The Bertz CT molecular complexity index is 369. The molecule has 1 rings (SSSR count). The Balaban J connectivity index is 1.76. The fourth-order valence-electron chi connectivity index (χ4n) is 4.12. The van der Waals surface area contributed by atoms with E-state index in [4.69, 9.17) is 4.74 Å². The molecule has 2 heteroatoms. The lowest BCUT2D eigenvalue weighted by Gasteiger charge is -2.21. The first kappa shape index (κ1) is 25.2. The highest BCUT2D eigenvalue weighted by Gasteiger charge is 2.17. The largest absolute Gasteiger partial charge is 0.462 e. The number of carbonyl (C=O) groups excluding carboxylic acids is 1. The van der Waals surface area contributed by atoms with Gasteiger partial charge in [-0.1, -0.05) is 89.7 Å². The van der Waals surface area contributed by atoms with Gasteiger partial charge in [0.1, 0.15) is 6.10 Å². The average Bonchev–Trinajstić information content (AvgIpc) is 2.71. The van der Waals surface area contributed by atoms with E-state index >= 15 is 0 Å². The molecule has 0 spiro atoms. The van der Waals surface area contributed by atoms with Gasteiger partial charge in [0.2, 0.25) is 0 Å². The monoisotopic (exact) mass is 392 g/mol. The third-order valence-corrected chi connectivity index (χ3v) is 5.99. The van der Waals surface area contributed by atoms with Gasteiger partial charge in [-0.05, 0) is 57.8 Å². The molecule has 2 nitrogen and oxygen atoms in total. The molecule has 0 aliphatic heterocycles. The van der Waals surface area contributed by atoms with Crippen LogP contribution < -0.4 is 0 Å². The molecule has 1 saturated carbocycles. The Hall–Kier alpha value is -0.790. The fraction of sp³-hybridized carbons (Fsp3) is 0.885. The molecular formula is C26H48O2. The first-order valence-electron chi connectivity index (χ1n) is 12.7. The van der Waals surface area contributed by atoms with Gasteiger partial charge in [-0.25, -0.2) is 0 Å². The van der Waals surface area contributed by atoms with Gasteiger partial charge in [0.25, 0.3) is 0 Å². The molecule has 0 atom stereocenters. The number of hydrogen-bond donors (Lipinski definition) is 0. The maximum atomic E-state index is 11.8. The third-order valence-electron chi connectivity index (χ3n) is 5.99. The fourth-order valence-corrected chi connectivity index (χ4v) is 4.12. The van der Waals surface area contributed by atoms with E-state index in [2.05, 4.69) is 19.1 Å². The van der Waals surface area contributed by atoms with Crippen molar-refractivity contribution in [3.8, 4) is 0 Å². The lowest BCUT2D eigenvalue weighted by atomic mass is 9.98. The van der Waals surface area contributed by atoms with Gasteiger partial charge in [0.15, 0.2) is 0 Å². The zero-order valence-corrected chi connectivity index (χ0v) is 18.9. The highest BCUT2D eigenvalue weighted by atomic mass is 16.5. The van der Waals surface area contributed by atoms with Crippen molar-refractivity contribution in [1.82, 2.24) is 0 Å². The van der Waals surface area contributed by atoms with Gasteiger partial charge in [-0.3, -0.25) is 4.79 Å². The van der Waals surface area contributed by atoms with Crippen LogP contribution in [0.15, 0.2) is 12.2 Å². The van der Waals surface area contributed by atoms with E-state index in [1.165, 1.54) is 109 Å². The number of rotatable bonds is 18. The molecular weight excluding hydrogens is 344 g/mol. The number of ether oxygens (including phenoxy) is 1. The van der Waals surface area contributed by atoms with E-state index in [9.17, 15) is 4.79 Å². The summed E-state index contributed by atoms with van der Waals surface area (Å²) in [6, 6.07) is 0. The number of hydrogen-bond acceptors (Lipinski definition) is 2. The van der Waals surface area contributed by atoms with Crippen LogP contribution in [-0.2, 0) is 9.53 Å². The van der Waals surface area contributed by atoms with Crippen LogP contribution >= 0.6 is 0 Å². The molecule has 0 aromatic heterocycles. The molecule has 0 unspecified atom stereocenters. The molecule has 0 saturated heterocycles. The molecule has 0 amide bonds. The molecule has 0 heterocycles. The second-order valence-corrected chi connectivity index (χ2v) is 8.79. The Labute approximate surface area is 175 Å². The predicted molar refractivity (Wildman–Crippen MR) is 122 cm³/mol. The summed E-state index contributed by atoms with van der Waals surface area (Å²) in [4.78, 5) is 11.8. The first-order chi connectivity index (χ1) is 13.8. The minimum atomic E-state index is 0.0378. The van der Waals surface area contributed by atoms with E-state index in [1.807, 2.05) is 0 Å². The number of carbonyl (C=O) groups is 1. The summed E-state index contributed by atoms with van der Waals surface area (Å²) in [7, 11) is 0. The minimum Gasteiger partial charge on any atom is -0.462 e. The van der Waals surface area contributed by atoms with Gasteiger partial charge in [0.05, 0.1) is 0 Å². The molecule has 1 aliphatic rings. The number of esters is 1. The van der Waals surface area contributed by atoms with E-state index in [0.717, 1.165) is 19.3 Å². The standard InChI is InChI=1S/C26H48O2/c1-2-3-4-5-6-7-8-9-10-11-12-13-14-15-16-17-21-24-26(27)28-25-22-19-18-20-23-25/h11-12,25H,2-10,13-24H2,1H3/b12-11+. The maximum absolute atomic E-state index is 11.8. The van der Waals surface area contributed by atoms with Crippen molar-refractivity contribution in [2.75, 3.05) is 0 Å². The first-order valence-corrected chi connectivity index (χ1v) is 12.7. The van der Waals surface area contributed by atoms with Crippen LogP contribution in [0.3, 0.4) is 0 Å². The van der Waals surface area contributed by atoms with Crippen LogP contribution in [-0.4, -0.2) is 12.1 Å². The molecule has 1 fully saturated rings. The van der Waals surface area contributed by atoms with E-state index in [1.54, 1.807) is 0 Å². The summed E-state index contributed by atoms with van der Waals surface area (Å²) in [6.45, 7) is 2.28. The van der Waals surface area contributed by atoms with Crippen LogP contribution in [0.5, 0.6) is 0 Å². The van der Waals surface area contributed by atoms with Gasteiger partial charge < -0.3 is 4.74 Å². The summed E-state index contributed by atoms with van der Waals surface area (Å²) in [5.41, 5.74) is 0. The van der Waals surface area contributed by atoms with Gasteiger partial charge in [-0.15, -0.1) is 0 Å². The SMILES string of the molecule is CCCCCCCCCC/C=C/CCCCCCCC(=O)OC1CCCCC1. The Morgan fingerprint density at radius 3 is 1.79 bits per heavy atom. The Morgan fingerprint density at radius 2 is 1.21 bits per heavy atom. The summed E-state index contributed by atoms with van der Waals surface area (Å²) in [6.07, 6.45) is 31.3. The van der Waals surface area contributed by atoms with Crippen molar-refractivity contribution in [3.63, 3.8) is 0 Å². The molecule has 28 heavy (non-hydrogen) atoms. The van der Waals surface area contributed by atoms with Crippen LogP contribution in [0, 0.1) is 0 Å².